The first-order chi connectivity index (χ1) is 13.3. The van der Waals surface area contributed by atoms with E-state index in [9.17, 15) is 4.79 Å². The number of carbonyl (C=O) groups is 1. The van der Waals surface area contributed by atoms with Crippen molar-refractivity contribution in [2.75, 3.05) is 5.32 Å². The summed E-state index contributed by atoms with van der Waals surface area (Å²) in [5.74, 6) is -0.183. The van der Waals surface area contributed by atoms with E-state index in [1.165, 1.54) is 22.5 Å². The smallest absolute Gasteiger partial charge is 0.257 e. The second-order valence-electron chi connectivity index (χ2n) is 6.09. The van der Waals surface area contributed by atoms with E-state index in [0.717, 1.165) is 17.0 Å². The summed E-state index contributed by atoms with van der Waals surface area (Å²) in [7, 11) is 0. The third-order valence-electron chi connectivity index (χ3n) is 4.13. The molecule has 0 radical (unpaired) electrons. The number of anilines is 1. The van der Waals surface area contributed by atoms with E-state index in [1.807, 2.05) is 72.8 Å². The third-order valence-corrected chi connectivity index (χ3v) is 5.02. The molecular formula is C22H17N3OS. The second kappa shape index (κ2) is 7.93. The topological polar surface area (TPSA) is 54.9 Å². The van der Waals surface area contributed by atoms with Gasteiger partial charge in [-0.05, 0) is 29.7 Å². The molecule has 4 aromatic rings. The molecule has 3 aromatic carbocycles. The molecule has 0 atom stereocenters. The molecule has 0 spiro atoms. The summed E-state index contributed by atoms with van der Waals surface area (Å²) < 4.78 is 0. The Balaban J connectivity index is 1.42. The van der Waals surface area contributed by atoms with E-state index in [1.54, 1.807) is 0 Å². The fourth-order valence-electron chi connectivity index (χ4n) is 2.75. The van der Waals surface area contributed by atoms with Crippen LogP contribution in [0.15, 0.2) is 84.9 Å². The predicted octanol–water partition coefficient (Wildman–Crippen LogP) is 5.05. The van der Waals surface area contributed by atoms with Crippen molar-refractivity contribution in [3.8, 4) is 10.6 Å². The molecule has 1 amide bonds. The van der Waals surface area contributed by atoms with Crippen molar-refractivity contribution in [2.24, 2.45) is 0 Å². The van der Waals surface area contributed by atoms with Crippen LogP contribution in [0.2, 0.25) is 0 Å². The number of amides is 1. The Morgan fingerprint density at radius 3 is 2.11 bits per heavy atom. The van der Waals surface area contributed by atoms with E-state index in [2.05, 4.69) is 27.6 Å². The van der Waals surface area contributed by atoms with Crippen LogP contribution in [-0.4, -0.2) is 16.1 Å². The maximum Gasteiger partial charge on any atom is 0.257 e. The summed E-state index contributed by atoms with van der Waals surface area (Å²) in [6, 6.07) is 27.7. The number of aromatic nitrogens is 2. The van der Waals surface area contributed by atoms with E-state index in [-0.39, 0.29) is 5.91 Å². The van der Waals surface area contributed by atoms with Crippen LogP contribution in [0.1, 0.15) is 21.5 Å². The van der Waals surface area contributed by atoms with Gasteiger partial charge >= 0.3 is 0 Å². The number of carbonyl (C=O) groups excluding carboxylic acids is 1. The van der Waals surface area contributed by atoms with Gasteiger partial charge in [0.15, 0.2) is 0 Å². The van der Waals surface area contributed by atoms with Gasteiger partial charge in [0.1, 0.15) is 5.01 Å². The highest BCUT2D eigenvalue weighted by molar-refractivity contribution is 7.18. The fourth-order valence-corrected chi connectivity index (χ4v) is 3.49. The molecule has 0 unspecified atom stereocenters. The zero-order valence-electron chi connectivity index (χ0n) is 14.5. The van der Waals surface area contributed by atoms with Crippen molar-refractivity contribution >= 4 is 22.4 Å². The highest BCUT2D eigenvalue weighted by Gasteiger charge is 2.11. The standard InChI is InChI=1S/C22H17N3OS/c26-20(23-22-25-24-21(27-22)19-9-5-2-6-10-19)18-13-11-17(12-14-18)15-16-7-3-1-4-8-16/h1-14H,15H2,(H,23,25,26). The average molecular weight is 371 g/mol. The number of hydrogen-bond donors (Lipinski definition) is 1. The van der Waals surface area contributed by atoms with Crippen LogP contribution < -0.4 is 5.32 Å². The summed E-state index contributed by atoms with van der Waals surface area (Å²) in [5, 5.41) is 12.3. The predicted molar refractivity (Wildman–Crippen MR) is 109 cm³/mol. The lowest BCUT2D eigenvalue weighted by molar-refractivity contribution is 0.102. The molecule has 0 saturated heterocycles. The molecule has 27 heavy (non-hydrogen) atoms. The molecule has 0 bridgehead atoms. The van der Waals surface area contributed by atoms with E-state index in [4.69, 9.17) is 0 Å². The Bertz CT molecular complexity index is 1030. The summed E-state index contributed by atoms with van der Waals surface area (Å²) in [6.07, 6.45) is 0.847. The van der Waals surface area contributed by atoms with E-state index in [0.29, 0.717) is 10.7 Å². The Hall–Kier alpha value is -3.31. The van der Waals surface area contributed by atoms with Gasteiger partial charge in [0, 0.05) is 11.1 Å². The largest absolute Gasteiger partial charge is 0.296 e. The summed E-state index contributed by atoms with van der Waals surface area (Å²) in [4.78, 5) is 12.5. The lowest BCUT2D eigenvalue weighted by Crippen LogP contribution is -2.11. The Morgan fingerprint density at radius 1 is 0.778 bits per heavy atom. The third kappa shape index (κ3) is 4.27. The van der Waals surface area contributed by atoms with Crippen molar-refractivity contribution in [1.82, 2.24) is 10.2 Å². The minimum absolute atomic E-state index is 0.183. The monoisotopic (exact) mass is 371 g/mol. The van der Waals surface area contributed by atoms with Crippen LogP contribution >= 0.6 is 11.3 Å². The summed E-state index contributed by atoms with van der Waals surface area (Å²) in [5.41, 5.74) is 4.00. The molecule has 132 valence electrons. The van der Waals surface area contributed by atoms with Crippen LogP contribution in [0, 0.1) is 0 Å². The zero-order chi connectivity index (χ0) is 18.5. The molecule has 4 nitrogen and oxygen atoms in total. The van der Waals surface area contributed by atoms with Crippen molar-refractivity contribution in [2.45, 2.75) is 6.42 Å². The number of nitrogens with zero attached hydrogens (tertiary/aromatic N) is 2. The first-order valence-corrected chi connectivity index (χ1v) is 9.43. The molecule has 0 aliphatic heterocycles. The molecule has 0 saturated carbocycles. The Morgan fingerprint density at radius 2 is 1.41 bits per heavy atom. The maximum atomic E-state index is 12.5. The molecular weight excluding hydrogens is 354 g/mol. The van der Waals surface area contributed by atoms with E-state index < -0.39 is 0 Å². The highest BCUT2D eigenvalue weighted by Crippen LogP contribution is 2.26. The van der Waals surface area contributed by atoms with Crippen molar-refractivity contribution < 1.29 is 4.79 Å². The van der Waals surface area contributed by atoms with Crippen molar-refractivity contribution in [3.05, 3.63) is 102 Å². The number of nitrogens with one attached hydrogen (secondary N) is 1. The molecule has 1 heterocycles. The molecule has 1 aromatic heterocycles. The molecule has 0 fully saturated rings. The van der Waals surface area contributed by atoms with Gasteiger partial charge in [-0.3, -0.25) is 10.1 Å². The highest BCUT2D eigenvalue weighted by atomic mass is 32.1. The van der Waals surface area contributed by atoms with Crippen molar-refractivity contribution in [1.29, 1.82) is 0 Å². The van der Waals surface area contributed by atoms with Crippen LogP contribution in [0.3, 0.4) is 0 Å². The lowest BCUT2D eigenvalue weighted by Gasteiger charge is -2.04. The molecule has 4 rings (SSSR count). The number of rotatable bonds is 5. The second-order valence-corrected chi connectivity index (χ2v) is 7.07. The zero-order valence-corrected chi connectivity index (χ0v) is 15.3. The minimum Gasteiger partial charge on any atom is -0.296 e. The number of hydrogen-bond acceptors (Lipinski definition) is 4. The molecule has 0 aliphatic rings. The van der Waals surface area contributed by atoms with Crippen LogP contribution in [0.25, 0.3) is 10.6 Å². The van der Waals surface area contributed by atoms with Crippen molar-refractivity contribution in [3.63, 3.8) is 0 Å². The van der Waals surface area contributed by atoms with Gasteiger partial charge in [-0.2, -0.15) is 0 Å². The van der Waals surface area contributed by atoms with Crippen LogP contribution in [-0.2, 0) is 6.42 Å². The lowest BCUT2D eigenvalue weighted by atomic mass is 10.0. The quantitative estimate of drug-likeness (QED) is 0.534. The Labute approximate surface area is 161 Å². The molecule has 1 N–H and O–H groups in total. The van der Waals surface area contributed by atoms with Gasteiger partial charge in [0.2, 0.25) is 5.13 Å². The average Bonchev–Trinajstić information content (AvgIpc) is 3.18. The maximum absolute atomic E-state index is 12.5. The van der Waals surface area contributed by atoms with Crippen LogP contribution in [0.4, 0.5) is 5.13 Å². The van der Waals surface area contributed by atoms with Gasteiger partial charge < -0.3 is 0 Å². The SMILES string of the molecule is O=C(Nc1nnc(-c2ccccc2)s1)c1ccc(Cc2ccccc2)cc1. The fraction of sp³-hybridized carbons (Fsp3) is 0.0455. The Kier molecular flexibility index (Phi) is 5.03. The first-order valence-electron chi connectivity index (χ1n) is 8.61. The normalized spacial score (nSPS) is 10.5. The van der Waals surface area contributed by atoms with Gasteiger partial charge in [-0.25, -0.2) is 0 Å². The first kappa shape index (κ1) is 17.1. The van der Waals surface area contributed by atoms with Gasteiger partial charge in [-0.15, -0.1) is 10.2 Å². The molecule has 5 heteroatoms. The van der Waals surface area contributed by atoms with E-state index >= 15 is 0 Å². The molecule has 0 aliphatic carbocycles. The van der Waals surface area contributed by atoms with Gasteiger partial charge in [0.25, 0.3) is 5.91 Å². The van der Waals surface area contributed by atoms with Crippen LogP contribution in [0.5, 0.6) is 0 Å². The summed E-state index contributed by atoms with van der Waals surface area (Å²) in [6.45, 7) is 0. The van der Waals surface area contributed by atoms with Gasteiger partial charge in [-0.1, -0.05) is 84.1 Å². The van der Waals surface area contributed by atoms with Gasteiger partial charge in [0.05, 0.1) is 0 Å². The number of benzene rings is 3. The summed E-state index contributed by atoms with van der Waals surface area (Å²) >= 11 is 1.36. The minimum atomic E-state index is -0.183.